The van der Waals surface area contributed by atoms with E-state index in [1.807, 2.05) is 18.2 Å². The van der Waals surface area contributed by atoms with Crippen LogP contribution in [0.15, 0.2) is 24.4 Å². The van der Waals surface area contributed by atoms with Gasteiger partial charge in [0.15, 0.2) is 0 Å². The molecule has 3 nitrogen and oxygen atoms in total. The molecule has 0 aromatic carbocycles. The van der Waals surface area contributed by atoms with Crippen LogP contribution in [-0.2, 0) is 4.79 Å². The maximum Gasteiger partial charge on any atom is 0.307 e. The monoisotopic (exact) mass is 163 g/mol. The zero-order valence-corrected chi connectivity index (χ0v) is 6.47. The molecule has 1 heterocycles. The molecule has 1 aliphatic carbocycles. The standard InChI is InChI=1S/C9H9NO2/c11-9(12)7-5-6(7)8-3-1-2-4-10-8/h1-4,6-7H,5H2,(H,11,12)/t6-,7+/m1/s1. The molecule has 62 valence electrons. The van der Waals surface area contributed by atoms with Crippen LogP contribution in [0.1, 0.15) is 18.0 Å². The molecule has 2 atom stereocenters. The lowest BCUT2D eigenvalue weighted by Gasteiger charge is -1.94. The highest BCUT2D eigenvalue weighted by Crippen LogP contribution is 2.46. The molecular formula is C9H9NO2. The number of pyridine rings is 1. The molecule has 1 aliphatic rings. The highest BCUT2D eigenvalue weighted by Gasteiger charge is 2.44. The van der Waals surface area contributed by atoms with E-state index >= 15 is 0 Å². The van der Waals surface area contributed by atoms with Gasteiger partial charge in [-0.3, -0.25) is 9.78 Å². The van der Waals surface area contributed by atoms with Crippen molar-refractivity contribution in [3.63, 3.8) is 0 Å². The fraction of sp³-hybridized carbons (Fsp3) is 0.333. The van der Waals surface area contributed by atoms with E-state index in [0.29, 0.717) is 0 Å². The Bertz CT molecular complexity index is 297. The smallest absolute Gasteiger partial charge is 0.307 e. The fourth-order valence-electron chi connectivity index (χ4n) is 1.39. The Morgan fingerprint density at radius 3 is 2.92 bits per heavy atom. The number of carboxylic acid groups (broad SMARTS) is 1. The lowest BCUT2D eigenvalue weighted by atomic mass is 10.2. The first-order valence-corrected chi connectivity index (χ1v) is 3.93. The van der Waals surface area contributed by atoms with Crippen molar-refractivity contribution in [3.05, 3.63) is 30.1 Å². The van der Waals surface area contributed by atoms with Crippen molar-refractivity contribution >= 4 is 5.97 Å². The van der Waals surface area contributed by atoms with Gasteiger partial charge in [0.25, 0.3) is 0 Å². The van der Waals surface area contributed by atoms with Crippen LogP contribution >= 0.6 is 0 Å². The lowest BCUT2D eigenvalue weighted by Crippen LogP contribution is -1.99. The van der Waals surface area contributed by atoms with Crippen molar-refractivity contribution < 1.29 is 9.90 Å². The average Bonchev–Trinajstić information content (AvgIpc) is 2.84. The number of rotatable bonds is 2. The maximum atomic E-state index is 10.5. The second-order valence-electron chi connectivity index (χ2n) is 3.04. The highest BCUT2D eigenvalue weighted by atomic mass is 16.4. The summed E-state index contributed by atoms with van der Waals surface area (Å²) < 4.78 is 0. The molecule has 1 fully saturated rings. The normalized spacial score (nSPS) is 26.7. The van der Waals surface area contributed by atoms with Gasteiger partial charge in [-0.1, -0.05) is 6.07 Å². The number of aliphatic carboxylic acids is 1. The van der Waals surface area contributed by atoms with Crippen LogP contribution in [0.5, 0.6) is 0 Å². The van der Waals surface area contributed by atoms with E-state index in [4.69, 9.17) is 5.11 Å². The highest BCUT2D eigenvalue weighted by molar-refractivity contribution is 5.75. The summed E-state index contributed by atoms with van der Waals surface area (Å²) in [5, 5.41) is 8.66. The molecule has 1 aromatic heterocycles. The number of nitrogens with zero attached hydrogens (tertiary/aromatic N) is 1. The van der Waals surface area contributed by atoms with Gasteiger partial charge in [-0.25, -0.2) is 0 Å². The van der Waals surface area contributed by atoms with E-state index in [2.05, 4.69) is 4.98 Å². The van der Waals surface area contributed by atoms with Crippen LogP contribution in [0.3, 0.4) is 0 Å². The summed E-state index contributed by atoms with van der Waals surface area (Å²) in [5.41, 5.74) is 0.907. The molecule has 0 saturated heterocycles. The van der Waals surface area contributed by atoms with Crippen LogP contribution in [0, 0.1) is 5.92 Å². The Hall–Kier alpha value is -1.38. The summed E-state index contributed by atoms with van der Waals surface area (Å²) >= 11 is 0. The topological polar surface area (TPSA) is 50.2 Å². The molecule has 1 N–H and O–H groups in total. The average molecular weight is 163 g/mol. The predicted molar refractivity (Wildman–Crippen MR) is 42.7 cm³/mol. The van der Waals surface area contributed by atoms with Gasteiger partial charge in [0, 0.05) is 17.8 Å². The van der Waals surface area contributed by atoms with Crippen molar-refractivity contribution in [2.24, 2.45) is 5.92 Å². The molecule has 12 heavy (non-hydrogen) atoms. The molecule has 0 amide bonds. The van der Waals surface area contributed by atoms with E-state index in [1.165, 1.54) is 0 Å². The molecule has 0 radical (unpaired) electrons. The Kier molecular flexibility index (Phi) is 1.57. The van der Waals surface area contributed by atoms with Crippen molar-refractivity contribution in [1.82, 2.24) is 4.98 Å². The maximum absolute atomic E-state index is 10.5. The minimum absolute atomic E-state index is 0.156. The molecule has 1 saturated carbocycles. The van der Waals surface area contributed by atoms with Crippen LogP contribution in [0.4, 0.5) is 0 Å². The largest absolute Gasteiger partial charge is 0.481 e. The Morgan fingerprint density at radius 1 is 1.58 bits per heavy atom. The minimum atomic E-state index is -0.703. The number of hydrogen-bond acceptors (Lipinski definition) is 2. The number of aromatic nitrogens is 1. The summed E-state index contributed by atoms with van der Waals surface area (Å²) in [4.78, 5) is 14.6. The van der Waals surface area contributed by atoms with Gasteiger partial charge >= 0.3 is 5.97 Å². The van der Waals surface area contributed by atoms with Crippen LogP contribution in [-0.4, -0.2) is 16.1 Å². The van der Waals surface area contributed by atoms with Gasteiger partial charge in [-0.2, -0.15) is 0 Å². The van der Waals surface area contributed by atoms with Gasteiger partial charge in [-0.05, 0) is 18.6 Å². The molecule has 3 heteroatoms. The Balaban J connectivity index is 2.11. The molecule has 0 spiro atoms. The second kappa shape index (κ2) is 2.59. The first-order valence-electron chi connectivity index (χ1n) is 3.93. The zero-order valence-electron chi connectivity index (χ0n) is 6.47. The third-order valence-electron chi connectivity index (χ3n) is 2.18. The molecule has 0 bridgehead atoms. The summed E-state index contributed by atoms with van der Waals surface area (Å²) in [5.74, 6) is -0.741. The first kappa shape index (κ1) is 7.28. The Labute approximate surface area is 70.1 Å². The fourth-order valence-corrected chi connectivity index (χ4v) is 1.39. The van der Waals surface area contributed by atoms with Gasteiger partial charge in [0.1, 0.15) is 0 Å². The summed E-state index contributed by atoms with van der Waals surface area (Å²) in [6, 6.07) is 5.61. The summed E-state index contributed by atoms with van der Waals surface area (Å²) in [6.45, 7) is 0. The lowest BCUT2D eigenvalue weighted by molar-refractivity contribution is -0.138. The van der Waals surface area contributed by atoms with E-state index in [0.717, 1.165) is 12.1 Å². The first-order chi connectivity index (χ1) is 5.79. The Morgan fingerprint density at radius 2 is 2.42 bits per heavy atom. The van der Waals surface area contributed by atoms with Crippen LogP contribution in [0.2, 0.25) is 0 Å². The summed E-state index contributed by atoms with van der Waals surface area (Å²) in [7, 11) is 0. The van der Waals surface area contributed by atoms with Gasteiger partial charge in [0.2, 0.25) is 0 Å². The van der Waals surface area contributed by atoms with E-state index in [1.54, 1.807) is 6.20 Å². The summed E-state index contributed by atoms with van der Waals surface area (Å²) in [6.07, 6.45) is 2.44. The van der Waals surface area contributed by atoms with Gasteiger partial charge in [0.05, 0.1) is 5.92 Å². The van der Waals surface area contributed by atoms with Crippen molar-refractivity contribution in [2.45, 2.75) is 12.3 Å². The molecule has 0 unspecified atom stereocenters. The van der Waals surface area contributed by atoms with Crippen molar-refractivity contribution in [2.75, 3.05) is 0 Å². The number of hydrogen-bond donors (Lipinski definition) is 1. The minimum Gasteiger partial charge on any atom is -0.481 e. The van der Waals surface area contributed by atoms with Crippen molar-refractivity contribution in [1.29, 1.82) is 0 Å². The van der Waals surface area contributed by atoms with Gasteiger partial charge in [-0.15, -0.1) is 0 Å². The molecule has 0 aliphatic heterocycles. The van der Waals surface area contributed by atoms with Crippen LogP contribution < -0.4 is 0 Å². The molecule has 1 aromatic rings. The van der Waals surface area contributed by atoms with Crippen molar-refractivity contribution in [3.8, 4) is 0 Å². The molecular weight excluding hydrogens is 154 g/mol. The van der Waals surface area contributed by atoms with Crippen LogP contribution in [0.25, 0.3) is 0 Å². The predicted octanol–water partition coefficient (Wildman–Crippen LogP) is 1.27. The van der Waals surface area contributed by atoms with E-state index in [9.17, 15) is 4.79 Å². The second-order valence-corrected chi connectivity index (χ2v) is 3.04. The third kappa shape index (κ3) is 1.18. The van der Waals surface area contributed by atoms with E-state index < -0.39 is 5.97 Å². The zero-order chi connectivity index (χ0) is 8.55. The van der Waals surface area contributed by atoms with E-state index in [-0.39, 0.29) is 11.8 Å². The number of carbonyl (C=O) groups is 1. The SMILES string of the molecule is O=C(O)[C@H]1C[C@H]1c1ccccn1. The third-order valence-corrected chi connectivity index (χ3v) is 2.18. The molecule has 2 rings (SSSR count). The van der Waals surface area contributed by atoms with Gasteiger partial charge < -0.3 is 5.11 Å². The quantitative estimate of drug-likeness (QED) is 0.714. The number of carboxylic acids is 1.